The van der Waals surface area contributed by atoms with Crippen LogP contribution in [0.15, 0.2) is 18.5 Å². The smallest absolute Gasteiger partial charge is 0.186 e. The molecule has 0 aliphatic rings. The number of pyridine rings is 1. The third-order valence-corrected chi connectivity index (χ3v) is 3.08. The predicted molar refractivity (Wildman–Crippen MR) is 75.2 cm³/mol. The van der Waals surface area contributed by atoms with Crippen LogP contribution in [0.3, 0.4) is 0 Å². The van der Waals surface area contributed by atoms with Gasteiger partial charge < -0.3 is 14.7 Å². The van der Waals surface area contributed by atoms with Crippen LogP contribution in [0, 0.1) is 12.1 Å². The van der Waals surface area contributed by atoms with Gasteiger partial charge in [-0.25, -0.2) is 0 Å². The summed E-state index contributed by atoms with van der Waals surface area (Å²) >= 11 is 0. The van der Waals surface area contributed by atoms with Gasteiger partial charge in [-0.05, 0) is 19.8 Å². The van der Waals surface area contributed by atoms with E-state index in [2.05, 4.69) is 0 Å². The van der Waals surface area contributed by atoms with Crippen LogP contribution in [-0.2, 0) is 4.74 Å². The molecule has 0 saturated carbocycles. The second kappa shape index (κ2) is 9.62. The molecule has 0 saturated heterocycles. The maximum absolute atomic E-state index is 11.0. The zero-order chi connectivity index (χ0) is 13.9. The minimum absolute atomic E-state index is 0.724. The van der Waals surface area contributed by atoms with Gasteiger partial charge in [-0.2, -0.15) is 4.73 Å². The molecule has 0 unspecified atom stereocenters. The van der Waals surface area contributed by atoms with Crippen molar-refractivity contribution in [3.63, 3.8) is 0 Å². The summed E-state index contributed by atoms with van der Waals surface area (Å²) in [5, 5.41) is 11.0. The zero-order valence-electron chi connectivity index (χ0n) is 12.1. The fourth-order valence-electron chi connectivity index (χ4n) is 1.97. The summed E-state index contributed by atoms with van der Waals surface area (Å²) in [6, 6.07) is 1.73. The summed E-state index contributed by atoms with van der Waals surface area (Å²) in [5.41, 5.74) is 0.886. The van der Waals surface area contributed by atoms with E-state index >= 15 is 0 Å². The van der Waals surface area contributed by atoms with Crippen molar-refractivity contribution < 1.29 is 14.2 Å². The molecule has 0 fully saturated rings. The lowest BCUT2D eigenvalue weighted by molar-refractivity contribution is -0.605. The Labute approximate surface area is 115 Å². The Kier molecular flexibility index (Phi) is 7.98. The molecule has 1 rings (SSSR count). The molecule has 0 bridgehead atoms. The molecule has 4 nitrogen and oxygen atoms in total. The van der Waals surface area contributed by atoms with Crippen molar-refractivity contribution in [1.29, 1.82) is 0 Å². The highest BCUT2D eigenvalue weighted by atomic mass is 16.5. The van der Waals surface area contributed by atoms with Gasteiger partial charge in [-0.1, -0.05) is 25.7 Å². The first-order valence-corrected chi connectivity index (χ1v) is 7.05. The quantitative estimate of drug-likeness (QED) is 0.372. The largest absolute Gasteiger partial charge is 0.619 e. The van der Waals surface area contributed by atoms with Crippen molar-refractivity contribution >= 4 is 0 Å². The SMILES string of the molecule is COCCCCCCCCOc1cc[n+]([O-])cc1C. The maximum atomic E-state index is 11.0. The summed E-state index contributed by atoms with van der Waals surface area (Å²) in [7, 11) is 1.75. The molecule has 0 amide bonds. The first kappa shape index (κ1) is 15.8. The molecule has 0 atom stereocenters. The summed E-state index contributed by atoms with van der Waals surface area (Å²) in [6.07, 6.45) is 10.2. The van der Waals surface area contributed by atoms with Gasteiger partial charge in [0.25, 0.3) is 0 Å². The normalized spacial score (nSPS) is 10.6. The highest BCUT2D eigenvalue weighted by Crippen LogP contribution is 2.15. The number of aryl methyl sites for hydroxylation is 1. The van der Waals surface area contributed by atoms with E-state index in [0.29, 0.717) is 0 Å². The third kappa shape index (κ3) is 7.01. The number of unbranched alkanes of at least 4 members (excludes halogenated alkanes) is 5. The van der Waals surface area contributed by atoms with Crippen molar-refractivity contribution in [1.82, 2.24) is 0 Å². The standard InChI is InChI=1S/C15H25NO3/c1-14-13-16(17)10-9-15(14)19-12-8-6-4-3-5-7-11-18-2/h9-10,13H,3-8,11-12H2,1-2H3. The fourth-order valence-corrected chi connectivity index (χ4v) is 1.97. The lowest BCUT2D eigenvalue weighted by Crippen LogP contribution is -2.24. The molecule has 1 aromatic heterocycles. The van der Waals surface area contributed by atoms with Crippen molar-refractivity contribution in [3.8, 4) is 5.75 Å². The number of methoxy groups -OCH3 is 1. The molecule has 1 heterocycles. The Morgan fingerprint density at radius 3 is 2.32 bits per heavy atom. The molecule has 0 spiro atoms. The van der Waals surface area contributed by atoms with Gasteiger partial charge >= 0.3 is 0 Å². The minimum atomic E-state index is 0.724. The summed E-state index contributed by atoms with van der Waals surface area (Å²) in [4.78, 5) is 0. The number of ether oxygens (including phenoxy) is 2. The molecule has 0 radical (unpaired) electrons. The lowest BCUT2D eigenvalue weighted by atomic mass is 10.1. The average molecular weight is 267 g/mol. The highest BCUT2D eigenvalue weighted by molar-refractivity contribution is 5.26. The van der Waals surface area contributed by atoms with Crippen LogP contribution in [-0.4, -0.2) is 20.3 Å². The van der Waals surface area contributed by atoms with Crippen LogP contribution >= 0.6 is 0 Å². The van der Waals surface area contributed by atoms with Crippen LogP contribution in [0.2, 0.25) is 0 Å². The molecular formula is C15H25NO3. The molecular weight excluding hydrogens is 242 g/mol. The van der Waals surface area contributed by atoms with E-state index in [1.807, 2.05) is 6.92 Å². The highest BCUT2D eigenvalue weighted by Gasteiger charge is 2.02. The number of rotatable bonds is 10. The molecule has 19 heavy (non-hydrogen) atoms. The fraction of sp³-hybridized carbons (Fsp3) is 0.667. The van der Waals surface area contributed by atoms with Crippen LogP contribution in [0.5, 0.6) is 5.75 Å². The van der Waals surface area contributed by atoms with Gasteiger partial charge in [0.1, 0.15) is 5.75 Å². The second-order valence-corrected chi connectivity index (χ2v) is 4.81. The molecule has 0 N–H and O–H groups in total. The molecule has 108 valence electrons. The number of nitrogens with zero attached hydrogens (tertiary/aromatic N) is 1. The van der Waals surface area contributed by atoms with E-state index in [0.717, 1.165) is 42.1 Å². The Morgan fingerprint density at radius 2 is 1.68 bits per heavy atom. The van der Waals surface area contributed by atoms with Gasteiger partial charge in [0.2, 0.25) is 0 Å². The van der Waals surface area contributed by atoms with Crippen molar-refractivity contribution in [2.75, 3.05) is 20.3 Å². The van der Waals surface area contributed by atoms with Crippen molar-refractivity contribution in [3.05, 3.63) is 29.2 Å². The first-order chi connectivity index (χ1) is 9.24. The Hall–Kier alpha value is -1.29. The van der Waals surface area contributed by atoms with E-state index in [9.17, 15) is 5.21 Å². The minimum Gasteiger partial charge on any atom is -0.619 e. The summed E-state index contributed by atoms with van der Waals surface area (Å²) < 4.78 is 11.5. The van der Waals surface area contributed by atoms with Gasteiger partial charge in [-0.3, -0.25) is 0 Å². The maximum Gasteiger partial charge on any atom is 0.186 e. The van der Waals surface area contributed by atoms with Crippen molar-refractivity contribution in [2.24, 2.45) is 0 Å². The Morgan fingerprint density at radius 1 is 1.05 bits per heavy atom. The third-order valence-electron chi connectivity index (χ3n) is 3.08. The van der Waals surface area contributed by atoms with Gasteiger partial charge in [0.05, 0.1) is 12.2 Å². The topological polar surface area (TPSA) is 45.4 Å². The molecule has 1 aromatic rings. The average Bonchev–Trinajstić information content (AvgIpc) is 2.39. The van der Waals surface area contributed by atoms with Crippen LogP contribution in [0.4, 0.5) is 0 Å². The molecule has 0 aromatic carbocycles. The predicted octanol–water partition coefficient (Wildman–Crippen LogP) is 2.99. The zero-order valence-corrected chi connectivity index (χ0v) is 12.1. The van der Waals surface area contributed by atoms with E-state index < -0.39 is 0 Å². The lowest BCUT2D eigenvalue weighted by Gasteiger charge is -2.08. The van der Waals surface area contributed by atoms with Crippen molar-refractivity contribution in [2.45, 2.75) is 45.4 Å². The van der Waals surface area contributed by atoms with Gasteiger partial charge in [0.15, 0.2) is 12.4 Å². The van der Waals surface area contributed by atoms with E-state index in [1.54, 1.807) is 13.2 Å². The second-order valence-electron chi connectivity index (χ2n) is 4.81. The first-order valence-electron chi connectivity index (χ1n) is 7.05. The Bertz CT molecular complexity index is 355. The number of aromatic nitrogens is 1. The van der Waals surface area contributed by atoms with Crippen LogP contribution in [0.1, 0.15) is 44.1 Å². The molecule has 0 aliphatic carbocycles. The van der Waals surface area contributed by atoms with Crippen LogP contribution in [0.25, 0.3) is 0 Å². The summed E-state index contributed by atoms with van der Waals surface area (Å²) in [5.74, 6) is 0.812. The van der Waals surface area contributed by atoms with E-state index in [4.69, 9.17) is 9.47 Å². The summed E-state index contributed by atoms with van der Waals surface area (Å²) in [6.45, 7) is 3.48. The van der Waals surface area contributed by atoms with Gasteiger partial charge in [0, 0.05) is 19.8 Å². The number of hydrogen-bond donors (Lipinski definition) is 0. The molecule has 4 heteroatoms. The van der Waals surface area contributed by atoms with Gasteiger partial charge in [-0.15, -0.1) is 0 Å². The molecule has 0 aliphatic heterocycles. The monoisotopic (exact) mass is 267 g/mol. The number of hydrogen-bond acceptors (Lipinski definition) is 3. The van der Waals surface area contributed by atoms with E-state index in [-0.39, 0.29) is 0 Å². The van der Waals surface area contributed by atoms with Crippen LogP contribution < -0.4 is 9.47 Å². The Balaban J connectivity index is 2.01. The van der Waals surface area contributed by atoms with E-state index in [1.165, 1.54) is 38.1 Å².